The van der Waals surface area contributed by atoms with E-state index in [1.54, 1.807) is 0 Å². The summed E-state index contributed by atoms with van der Waals surface area (Å²) in [5.41, 5.74) is 6.55. The van der Waals surface area contributed by atoms with Gasteiger partial charge in [-0.2, -0.15) is 4.52 Å². The lowest BCUT2D eigenvalue weighted by molar-refractivity contribution is 0.288. The highest BCUT2D eigenvalue weighted by molar-refractivity contribution is 5.83. The van der Waals surface area contributed by atoms with E-state index < -0.39 is 0 Å². The first kappa shape index (κ1) is 23.5. The number of aryl methyl sites for hydroxylation is 2. The number of aromatic amines is 2. The van der Waals surface area contributed by atoms with Crippen molar-refractivity contribution in [1.82, 2.24) is 19.6 Å². The van der Waals surface area contributed by atoms with Crippen molar-refractivity contribution in [2.24, 2.45) is 0 Å². The van der Waals surface area contributed by atoms with Gasteiger partial charge in [0.25, 0.3) is 5.56 Å². The molecule has 0 radical (unpaired) electrons. The minimum Gasteiger partial charge on any atom is -0.490 e. The summed E-state index contributed by atoms with van der Waals surface area (Å²) in [4.78, 5) is 21.6. The number of anilines is 1. The summed E-state index contributed by atoms with van der Waals surface area (Å²) < 4.78 is 13.0. The first-order valence-corrected chi connectivity index (χ1v) is 12.3. The number of para-hydroxylation sites is 1. The minimum absolute atomic E-state index is 0.151. The summed E-state index contributed by atoms with van der Waals surface area (Å²) >= 11 is 0. The molecule has 3 N–H and O–H groups in total. The van der Waals surface area contributed by atoms with Gasteiger partial charge in [0.1, 0.15) is 5.69 Å². The molecule has 2 aromatic carbocycles. The van der Waals surface area contributed by atoms with Crippen molar-refractivity contribution in [3.63, 3.8) is 0 Å². The summed E-state index contributed by atoms with van der Waals surface area (Å²) in [6, 6.07) is 14.0. The van der Waals surface area contributed by atoms with Gasteiger partial charge < -0.3 is 19.8 Å². The van der Waals surface area contributed by atoms with Crippen LogP contribution in [0.25, 0.3) is 27.7 Å². The number of nitrogens with zero attached hydrogens (tertiary/aromatic N) is 2. The fourth-order valence-electron chi connectivity index (χ4n) is 4.71. The van der Waals surface area contributed by atoms with E-state index in [1.807, 2.05) is 64.2 Å². The molecule has 0 unspecified atom stereocenters. The van der Waals surface area contributed by atoms with Crippen molar-refractivity contribution < 1.29 is 9.47 Å². The molecule has 3 heterocycles. The Morgan fingerprint density at radius 1 is 1.03 bits per heavy atom. The van der Waals surface area contributed by atoms with Gasteiger partial charge in [0, 0.05) is 34.9 Å². The molecule has 0 atom stereocenters. The number of hydrogen-bond acceptors (Lipinski definition) is 5. The number of rotatable bonds is 9. The zero-order valence-electron chi connectivity index (χ0n) is 21.1. The van der Waals surface area contributed by atoms with Gasteiger partial charge in [-0.05, 0) is 63.4 Å². The fraction of sp³-hybridized carbons (Fsp3) is 0.286. The topological polar surface area (TPSA) is 96.4 Å². The summed E-state index contributed by atoms with van der Waals surface area (Å²) in [6.45, 7) is 9.40. The third-order valence-electron chi connectivity index (χ3n) is 6.35. The van der Waals surface area contributed by atoms with E-state index in [0.717, 1.165) is 28.8 Å². The number of ether oxygens (including phenoxy) is 2. The van der Waals surface area contributed by atoms with Crippen LogP contribution in [0.4, 0.5) is 5.69 Å². The van der Waals surface area contributed by atoms with E-state index in [0.29, 0.717) is 48.3 Å². The van der Waals surface area contributed by atoms with Crippen LogP contribution in [-0.4, -0.2) is 39.3 Å². The van der Waals surface area contributed by atoms with Crippen molar-refractivity contribution in [3.8, 4) is 22.6 Å². The second-order valence-corrected chi connectivity index (χ2v) is 8.71. The largest absolute Gasteiger partial charge is 0.490 e. The van der Waals surface area contributed by atoms with Crippen LogP contribution in [0.2, 0.25) is 0 Å². The molecule has 0 saturated carbocycles. The van der Waals surface area contributed by atoms with Crippen molar-refractivity contribution >= 4 is 22.2 Å². The Hall–Kier alpha value is -4.20. The Labute approximate surface area is 209 Å². The Kier molecular flexibility index (Phi) is 6.41. The van der Waals surface area contributed by atoms with E-state index in [-0.39, 0.29) is 5.56 Å². The Morgan fingerprint density at radius 3 is 2.61 bits per heavy atom. The van der Waals surface area contributed by atoms with E-state index in [4.69, 9.17) is 14.5 Å². The van der Waals surface area contributed by atoms with Crippen LogP contribution >= 0.6 is 0 Å². The van der Waals surface area contributed by atoms with Gasteiger partial charge in [0.2, 0.25) is 0 Å². The maximum atomic E-state index is 13.4. The predicted octanol–water partition coefficient (Wildman–Crippen LogP) is 5.24. The smallest absolute Gasteiger partial charge is 0.296 e. The van der Waals surface area contributed by atoms with E-state index in [2.05, 4.69) is 27.5 Å². The van der Waals surface area contributed by atoms with Gasteiger partial charge >= 0.3 is 0 Å². The normalized spacial score (nSPS) is 11.3. The predicted molar refractivity (Wildman–Crippen MR) is 144 cm³/mol. The molecular formula is C28H31N5O3. The van der Waals surface area contributed by atoms with Gasteiger partial charge in [0.05, 0.1) is 18.9 Å². The molecule has 0 bridgehead atoms. The molecule has 0 fully saturated rings. The molecule has 0 aliphatic carbocycles. The number of H-pyrrole nitrogens is 2. The molecule has 186 valence electrons. The van der Waals surface area contributed by atoms with Crippen LogP contribution in [0, 0.1) is 13.8 Å². The Morgan fingerprint density at radius 2 is 1.81 bits per heavy atom. The third-order valence-corrected chi connectivity index (χ3v) is 6.35. The van der Waals surface area contributed by atoms with Gasteiger partial charge in [-0.15, -0.1) is 0 Å². The second kappa shape index (κ2) is 9.81. The number of nitrogens with one attached hydrogen (secondary N) is 3. The molecule has 0 aliphatic heterocycles. The number of aromatic nitrogens is 4. The summed E-state index contributed by atoms with van der Waals surface area (Å²) in [5, 5.41) is 7.73. The molecule has 8 nitrogen and oxygen atoms in total. The Bertz CT molecular complexity index is 1590. The molecule has 5 rings (SSSR count). The summed E-state index contributed by atoms with van der Waals surface area (Å²) in [6.07, 6.45) is 2.81. The molecular weight excluding hydrogens is 454 g/mol. The van der Waals surface area contributed by atoms with Crippen LogP contribution in [-0.2, 0) is 6.42 Å². The molecule has 0 saturated heterocycles. The molecule has 36 heavy (non-hydrogen) atoms. The lowest BCUT2D eigenvalue weighted by Gasteiger charge is -2.13. The van der Waals surface area contributed by atoms with Crippen molar-refractivity contribution in [2.75, 3.05) is 25.1 Å². The first-order chi connectivity index (χ1) is 17.5. The Balaban J connectivity index is 1.46. The lowest BCUT2D eigenvalue weighted by Crippen LogP contribution is -2.23. The number of fused-ring (bicyclic) bond motifs is 2. The molecule has 5 aromatic rings. The molecule has 0 aliphatic rings. The quantitative estimate of drug-likeness (QED) is 0.265. The molecule has 3 aromatic heterocycles. The van der Waals surface area contributed by atoms with Gasteiger partial charge in [-0.25, -0.2) is 4.98 Å². The summed E-state index contributed by atoms with van der Waals surface area (Å²) in [5.74, 6) is 1.37. The fourth-order valence-corrected chi connectivity index (χ4v) is 4.71. The van der Waals surface area contributed by atoms with Crippen LogP contribution in [0.1, 0.15) is 30.8 Å². The van der Waals surface area contributed by atoms with E-state index in [1.165, 1.54) is 15.5 Å². The third kappa shape index (κ3) is 4.19. The van der Waals surface area contributed by atoms with Gasteiger partial charge in [0.15, 0.2) is 17.1 Å². The molecule has 0 amide bonds. The van der Waals surface area contributed by atoms with Crippen LogP contribution in [0.15, 0.2) is 53.5 Å². The van der Waals surface area contributed by atoms with Crippen LogP contribution in [0.3, 0.4) is 0 Å². The summed E-state index contributed by atoms with van der Waals surface area (Å²) in [7, 11) is 0. The first-order valence-electron chi connectivity index (χ1n) is 12.3. The second-order valence-electron chi connectivity index (χ2n) is 8.71. The zero-order valence-corrected chi connectivity index (χ0v) is 21.1. The maximum absolute atomic E-state index is 13.4. The lowest BCUT2D eigenvalue weighted by atomic mass is 10.1. The maximum Gasteiger partial charge on any atom is 0.296 e. The van der Waals surface area contributed by atoms with Gasteiger partial charge in [-0.3, -0.25) is 9.89 Å². The van der Waals surface area contributed by atoms with Crippen molar-refractivity contribution in [3.05, 3.63) is 76.0 Å². The highest BCUT2D eigenvalue weighted by atomic mass is 16.5. The average molecular weight is 486 g/mol. The standard InChI is InChI=1S/C28H31N5O3/c1-5-35-23-12-11-19(15-24(23)36-6-2)25-17(3)32-33-27(25)31-18(4)26(28(33)34)29-14-13-20-16-30-22-10-8-7-9-21(20)22/h7-12,15-16,29-30,32H,5-6,13-14H2,1-4H3. The SMILES string of the molecule is CCOc1ccc(-c2c(C)[nH]n3c(=O)c(NCCc4c[nH]c5ccccc45)c(C)nc23)cc1OCC. The van der Waals surface area contributed by atoms with E-state index in [9.17, 15) is 4.79 Å². The zero-order chi connectivity index (χ0) is 25.2. The van der Waals surface area contributed by atoms with Crippen molar-refractivity contribution in [1.29, 1.82) is 0 Å². The molecule has 0 spiro atoms. The van der Waals surface area contributed by atoms with E-state index >= 15 is 0 Å². The minimum atomic E-state index is -0.151. The number of hydrogen-bond donors (Lipinski definition) is 3. The van der Waals surface area contributed by atoms with Crippen LogP contribution in [0.5, 0.6) is 11.5 Å². The highest BCUT2D eigenvalue weighted by Gasteiger charge is 2.19. The van der Waals surface area contributed by atoms with Crippen LogP contribution < -0.4 is 20.3 Å². The van der Waals surface area contributed by atoms with Crippen molar-refractivity contribution in [2.45, 2.75) is 34.1 Å². The highest BCUT2D eigenvalue weighted by Crippen LogP contribution is 2.35. The van der Waals surface area contributed by atoms with Gasteiger partial charge in [-0.1, -0.05) is 24.3 Å². The average Bonchev–Trinajstić information content (AvgIpc) is 3.43. The number of benzene rings is 2. The monoisotopic (exact) mass is 485 g/mol. The molecule has 8 heteroatoms.